The van der Waals surface area contributed by atoms with Crippen molar-refractivity contribution in [3.05, 3.63) is 0 Å². The van der Waals surface area contributed by atoms with Crippen LogP contribution in [-0.2, 0) is 0 Å². The molecule has 0 aromatic rings. The Kier molecular flexibility index (Phi) is 4.90. The first-order valence-corrected chi connectivity index (χ1v) is 6.03. The number of rotatable bonds is 4. The second kappa shape index (κ2) is 5.72. The fourth-order valence-corrected chi connectivity index (χ4v) is 2.02. The van der Waals surface area contributed by atoms with Gasteiger partial charge < -0.3 is 10.2 Å². The molecule has 1 atom stereocenters. The lowest BCUT2D eigenvalue weighted by atomic mass is 9.96. The molecule has 1 N–H and O–H groups in total. The number of piperidine rings is 1. The maximum Gasteiger partial charge on any atom is 0.00884 e. The van der Waals surface area contributed by atoms with Gasteiger partial charge in [0.25, 0.3) is 0 Å². The standard InChI is InChI=1S/C12H26N2/c1-10(2)11(3)9-14-7-5-12(13-4)6-8-14/h10-13H,5-9H2,1-4H3. The Labute approximate surface area is 89.1 Å². The summed E-state index contributed by atoms with van der Waals surface area (Å²) in [5, 5.41) is 3.37. The van der Waals surface area contributed by atoms with Crippen LogP contribution in [0.2, 0.25) is 0 Å². The molecule has 84 valence electrons. The first-order valence-electron chi connectivity index (χ1n) is 6.03. The lowest BCUT2D eigenvalue weighted by Crippen LogP contribution is -2.43. The molecular weight excluding hydrogens is 172 g/mol. The fraction of sp³-hybridized carbons (Fsp3) is 1.00. The lowest BCUT2D eigenvalue weighted by Gasteiger charge is -2.34. The van der Waals surface area contributed by atoms with Crippen molar-refractivity contribution in [2.45, 2.75) is 39.7 Å². The summed E-state index contributed by atoms with van der Waals surface area (Å²) in [5.74, 6) is 1.65. The zero-order valence-electron chi connectivity index (χ0n) is 10.2. The van der Waals surface area contributed by atoms with Crippen LogP contribution in [0.4, 0.5) is 0 Å². The van der Waals surface area contributed by atoms with E-state index in [9.17, 15) is 0 Å². The molecule has 1 heterocycles. The van der Waals surface area contributed by atoms with Crippen molar-refractivity contribution in [3.8, 4) is 0 Å². The highest BCUT2D eigenvalue weighted by atomic mass is 15.1. The highest BCUT2D eigenvalue weighted by Gasteiger charge is 2.19. The minimum absolute atomic E-state index is 0.764. The molecule has 1 saturated heterocycles. The Morgan fingerprint density at radius 3 is 2.21 bits per heavy atom. The molecule has 0 saturated carbocycles. The summed E-state index contributed by atoms with van der Waals surface area (Å²) in [5.41, 5.74) is 0. The van der Waals surface area contributed by atoms with Crippen molar-refractivity contribution in [2.24, 2.45) is 11.8 Å². The van der Waals surface area contributed by atoms with Crippen molar-refractivity contribution < 1.29 is 0 Å². The average Bonchev–Trinajstić information content (AvgIpc) is 2.19. The molecule has 0 aliphatic carbocycles. The van der Waals surface area contributed by atoms with Gasteiger partial charge in [0, 0.05) is 12.6 Å². The average molecular weight is 198 g/mol. The molecule has 14 heavy (non-hydrogen) atoms. The summed E-state index contributed by atoms with van der Waals surface area (Å²) in [6.07, 6.45) is 2.64. The van der Waals surface area contributed by atoms with E-state index in [2.05, 4.69) is 38.0 Å². The Hall–Kier alpha value is -0.0800. The van der Waals surface area contributed by atoms with E-state index in [0.717, 1.165) is 17.9 Å². The highest BCUT2D eigenvalue weighted by Crippen LogP contribution is 2.15. The van der Waals surface area contributed by atoms with Crippen LogP contribution in [0.25, 0.3) is 0 Å². The van der Waals surface area contributed by atoms with Gasteiger partial charge in [-0.2, -0.15) is 0 Å². The van der Waals surface area contributed by atoms with Crippen LogP contribution < -0.4 is 5.32 Å². The van der Waals surface area contributed by atoms with E-state index in [1.165, 1.54) is 32.5 Å². The molecule has 2 heteroatoms. The molecule has 0 amide bonds. The summed E-state index contributed by atoms with van der Waals surface area (Å²) in [7, 11) is 2.08. The van der Waals surface area contributed by atoms with Crippen molar-refractivity contribution in [2.75, 3.05) is 26.7 Å². The van der Waals surface area contributed by atoms with Gasteiger partial charge in [0.15, 0.2) is 0 Å². The first kappa shape index (κ1) is 12.0. The van der Waals surface area contributed by atoms with Gasteiger partial charge in [-0.1, -0.05) is 20.8 Å². The van der Waals surface area contributed by atoms with E-state index < -0.39 is 0 Å². The summed E-state index contributed by atoms with van der Waals surface area (Å²) >= 11 is 0. The molecule has 2 nitrogen and oxygen atoms in total. The largest absolute Gasteiger partial charge is 0.317 e. The van der Waals surface area contributed by atoms with E-state index >= 15 is 0 Å². The van der Waals surface area contributed by atoms with Crippen LogP contribution >= 0.6 is 0 Å². The summed E-state index contributed by atoms with van der Waals surface area (Å²) in [6, 6.07) is 0.764. The van der Waals surface area contributed by atoms with Gasteiger partial charge in [0.1, 0.15) is 0 Å². The van der Waals surface area contributed by atoms with Crippen LogP contribution in [0.3, 0.4) is 0 Å². The second-order valence-corrected chi connectivity index (χ2v) is 5.08. The van der Waals surface area contributed by atoms with Crippen LogP contribution in [0.1, 0.15) is 33.6 Å². The molecule has 0 aromatic heterocycles. The van der Waals surface area contributed by atoms with Gasteiger partial charge in [-0.3, -0.25) is 0 Å². The van der Waals surface area contributed by atoms with E-state index in [4.69, 9.17) is 0 Å². The van der Waals surface area contributed by atoms with Crippen LogP contribution in [-0.4, -0.2) is 37.6 Å². The second-order valence-electron chi connectivity index (χ2n) is 5.08. The van der Waals surface area contributed by atoms with Gasteiger partial charge in [-0.25, -0.2) is 0 Å². The van der Waals surface area contributed by atoms with Gasteiger partial charge in [0.2, 0.25) is 0 Å². The zero-order valence-corrected chi connectivity index (χ0v) is 10.2. The summed E-state index contributed by atoms with van der Waals surface area (Å²) < 4.78 is 0. The molecule has 1 aliphatic heterocycles. The Bertz CT molecular complexity index is 148. The highest BCUT2D eigenvalue weighted by molar-refractivity contribution is 4.77. The molecule has 0 aromatic carbocycles. The predicted octanol–water partition coefficient (Wildman–Crippen LogP) is 1.96. The van der Waals surface area contributed by atoms with Crippen molar-refractivity contribution >= 4 is 0 Å². The van der Waals surface area contributed by atoms with Gasteiger partial charge in [-0.05, 0) is 44.8 Å². The number of hydrogen-bond donors (Lipinski definition) is 1. The minimum atomic E-state index is 0.764. The van der Waals surface area contributed by atoms with Gasteiger partial charge in [-0.15, -0.1) is 0 Å². The molecule has 1 fully saturated rings. The molecular formula is C12H26N2. The third-order valence-corrected chi connectivity index (χ3v) is 3.68. The molecule has 1 aliphatic rings. The van der Waals surface area contributed by atoms with E-state index in [1.54, 1.807) is 0 Å². The number of likely N-dealkylation sites (tertiary alicyclic amines) is 1. The summed E-state index contributed by atoms with van der Waals surface area (Å²) in [6.45, 7) is 10.9. The maximum absolute atomic E-state index is 3.37. The van der Waals surface area contributed by atoms with Gasteiger partial charge >= 0.3 is 0 Å². The number of nitrogens with zero attached hydrogens (tertiary/aromatic N) is 1. The normalized spacial score (nSPS) is 22.9. The Morgan fingerprint density at radius 2 is 1.79 bits per heavy atom. The molecule has 0 spiro atoms. The van der Waals surface area contributed by atoms with Crippen LogP contribution in [0.5, 0.6) is 0 Å². The first-order chi connectivity index (χ1) is 6.63. The molecule has 0 bridgehead atoms. The number of hydrogen-bond acceptors (Lipinski definition) is 2. The van der Waals surface area contributed by atoms with Crippen molar-refractivity contribution in [1.29, 1.82) is 0 Å². The van der Waals surface area contributed by atoms with E-state index in [1.807, 2.05) is 0 Å². The Balaban J connectivity index is 2.22. The monoisotopic (exact) mass is 198 g/mol. The third-order valence-electron chi connectivity index (χ3n) is 3.68. The maximum atomic E-state index is 3.37. The molecule has 0 radical (unpaired) electrons. The zero-order chi connectivity index (χ0) is 10.6. The van der Waals surface area contributed by atoms with Crippen molar-refractivity contribution in [1.82, 2.24) is 10.2 Å². The van der Waals surface area contributed by atoms with E-state index in [-0.39, 0.29) is 0 Å². The van der Waals surface area contributed by atoms with Crippen LogP contribution in [0.15, 0.2) is 0 Å². The topological polar surface area (TPSA) is 15.3 Å². The molecule has 1 rings (SSSR count). The Morgan fingerprint density at radius 1 is 1.21 bits per heavy atom. The molecule has 1 unspecified atom stereocenters. The smallest absolute Gasteiger partial charge is 0.00884 e. The quantitative estimate of drug-likeness (QED) is 0.743. The van der Waals surface area contributed by atoms with Crippen molar-refractivity contribution in [3.63, 3.8) is 0 Å². The predicted molar refractivity (Wildman–Crippen MR) is 62.5 cm³/mol. The minimum Gasteiger partial charge on any atom is -0.317 e. The SMILES string of the molecule is CNC1CCN(CC(C)C(C)C)CC1. The number of nitrogens with one attached hydrogen (secondary N) is 1. The fourth-order valence-electron chi connectivity index (χ4n) is 2.02. The summed E-state index contributed by atoms with van der Waals surface area (Å²) in [4.78, 5) is 2.62. The van der Waals surface area contributed by atoms with Crippen LogP contribution in [0, 0.1) is 11.8 Å². The lowest BCUT2D eigenvalue weighted by molar-refractivity contribution is 0.164. The van der Waals surface area contributed by atoms with E-state index in [0.29, 0.717) is 0 Å². The third kappa shape index (κ3) is 3.58. The van der Waals surface area contributed by atoms with Gasteiger partial charge in [0.05, 0.1) is 0 Å².